The first-order chi connectivity index (χ1) is 6.24. The zero-order valence-electron chi connectivity index (χ0n) is 8.05. The third-order valence-corrected chi connectivity index (χ3v) is 3.68. The molecule has 2 N–H and O–H groups in total. The summed E-state index contributed by atoms with van der Waals surface area (Å²) >= 11 is 1.76. The molecule has 13 heavy (non-hydrogen) atoms. The minimum atomic E-state index is -0.0670. The van der Waals surface area contributed by atoms with Crippen molar-refractivity contribution in [1.29, 1.82) is 0 Å². The van der Waals surface area contributed by atoms with Crippen molar-refractivity contribution in [1.82, 2.24) is 4.98 Å². The Morgan fingerprint density at radius 3 is 2.92 bits per heavy atom. The van der Waals surface area contributed by atoms with Crippen LogP contribution in [0.2, 0.25) is 0 Å². The van der Waals surface area contributed by atoms with Gasteiger partial charge in [-0.15, -0.1) is 11.3 Å². The van der Waals surface area contributed by atoms with Gasteiger partial charge < -0.3 is 5.73 Å². The van der Waals surface area contributed by atoms with Gasteiger partial charge in [0.25, 0.3) is 0 Å². The fourth-order valence-corrected chi connectivity index (χ4v) is 2.69. The molecule has 0 amide bonds. The van der Waals surface area contributed by atoms with E-state index >= 15 is 0 Å². The molecule has 1 heterocycles. The largest absolute Gasteiger partial charge is 0.320 e. The minimum absolute atomic E-state index is 0.0670. The molecule has 2 nitrogen and oxygen atoms in total. The van der Waals surface area contributed by atoms with Gasteiger partial charge in [-0.05, 0) is 32.1 Å². The molecule has 0 atom stereocenters. The molecule has 1 aliphatic rings. The highest BCUT2D eigenvalue weighted by atomic mass is 32.1. The Labute approximate surface area is 83.2 Å². The van der Waals surface area contributed by atoms with Crippen LogP contribution in [0, 0.1) is 0 Å². The van der Waals surface area contributed by atoms with Crippen LogP contribution in [0.15, 0.2) is 5.38 Å². The van der Waals surface area contributed by atoms with Crippen molar-refractivity contribution >= 4 is 11.3 Å². The van der Waals surface area contributed by atoms with E-state index in [1.807, 2.05) is 0 Å². The maximum Gasteiger partial charge on any atom is 0.0929 e. The highest BCUT2D eigenvalue weighted by Gasteiger charge is 2.36. The third kappa shape index (κ3) is 1.63. The van der Waals surface area contributed by atoms with Gasteiger partial charge in [-0.25, -0.2) is 4.98 Å². The van der Waals surface area contributed by atoms with Crippen LogP contribution >= 0.6 is 11.3 Å². The van der Waals surface area contributed by atoms with Crippen molar-refractivity contribution in [2.24, 2.45) is 5.73 Å². The number of rotatable bonds is 3. The first-order valence-electron chi connectivity index (χ1n) is 4.98. The number of nitrogens with zero attached hydrogens (tertiary/aromatic N) is 1. The second-order valence-electron chi connectivity index (χ2n) is 3.89. The molecule has 0 saturated heterocycles. The monoisotopic (exact) mass is 196 g/mol. The van der Waals surface area contributed by atoms with Gasteiger partial charge in [-0.1, -0.05) is 6.92 Å². The summed E-state index contributed by atoms with van der Waals surface area (Å²) in [7, 11) is 0. The SMILES string of the molecule is CCCc1nc(C2(N)CCC2)cs1. The number of hydrogen-bond donors (Lipinski definition) is 1. The van der Waals surface area contributed by atoms with Crippen molar-refractivity contribution in [3.63, 3.8) is 0 Å². The molecule has 2 rings (SSSR count). The maximum absolute atomic E-state index is 6.18. The molecule has 0 bridgehead atoms. The fourth-order valence-electron chi connectivity index (χ4n) is 1.68. The molecule has 3 heteroatoms. The van der Waals surface area contributed by atoms with E-state index in [1.165, 1.54) is 17.8 Å². The van der Waals surface area contributed by atoms with E-state index in [0.717, 1.165) is 25.0 Å². The standard InChI is InChI=1S/C10H16N2S/c1-2-4-9-12-8(7-13-9)10(11)5-3-6-10/h7H,2-6,11H2,1H3. The molecule has 1 fully saturated rings. The summed E-state index contributed by atoms with van der Waals surface area (Å²) in [6.07, 6.45) is 5.76. The van der Waals surface area contributed by atoms with Gasteiger partial charge in [0.15, 0.2) is 0 Å². The lowest BCUT2D eigenvalue weighted by atomic mass is 9.76. The van der Waals surface area contributed by atoms with Crippen LogP contribution in [0.25, 0.3) is 0 Å². The average molecular weight is 196 g/mol. The van der Waals surface area contributed by atoms with Gasteiger partial charge >= 0.3 is 0 Å². The van der Waals surface area contributed by atoms with E-state index < -0.39 is 0 Å². The van der Waals surface area contributed by atoms with Gasteiger partial charge in [0.05, 0.1) is 16.2 Å². The number of aromatic nitrogens is 1. The quantitative estimate of drug-likeness (QED) is 0.806. The highest BCUT2D eigenvalue weighted by Crippen LogP contribution is 2.38. The Balaban J connectivity index is 2.12. The van der Waals surface area contributed by atoms with Crippen LogP contribution in [0.4, 0.5) is 0 Å². The first-order valence-corrected chi connectivity index (χ1v) is 5.86. The lowest BCUT2D eigenvalue weighted by Crippen LogP contribution is -2.43. The lowest BCUT2D eigenvalue weighted by Gasteiger charge is -2.36. The molecule has 0 aromatic carbocycles. The first kappa shape index (κ1) is 9.16. The smallest absolute Gasteiger partial charge is 0.0929 e. The molecule has 0 aliphatic heterocycles. The minimum Gasteiger partial charge on any atom is -0.320 e. The Hall–Kier alpha value is -0.410. The number of thiazole rings is 1. The maximum atomic E-state index is 6.18. The summed E-state index contributed by atoms with van der Waals surface area (Å²) < 4.78 is 0. The number of hydrogen-bond acceptors (Lipinski definition) is 3. The van der Waals surface area contributed by atoms with E-state index in [9.17, 15) is 0 Å². The topological polar surface area (TPSA) is 38.9 Å². The fraction of sp³-hybridized carbons (Fsp3) is 0.700. The molecular formula is C10H16N2S. The van der Waals surface area contributed by atoms with Crippen LogP contribution < -0.4 is 5.73 Å². The van der Waals surface area contributed by atoms with Crippen molar-refractivity contribution in [3.8, 4) is 0 Å². The predicted molar refractivity (Wildman–Crippen MR) is 55.8 cm³/mol. The van der Waals surface area contributed by atoms with Crippen LogP contribution in [-0.4, -0.2) is 4.98 Å². The van der Waals surface area contributed by atoms with Crippen LogP contribution in [0.1, 0.15) is 43.3 Å². The van der Waals surface area contributed by atoms with Crippen molar-refractivity contribution in [3.05, 3.63) is 16.1 Å². The van der Waals surface area contributed by atoms with E-state index in [0.29, 0.717) is 0 Å². The Kier molecular flexibility index (Phi) is 2.39. The molecule has 1 saturated carbocycles. The number of aryl methyl sites for hydroxylation is 1. The highest BCUT2D eigenvalue weighted by molar-refractivity contribution is 7.09. The van der Waals surface area contributed by atoms with Crippen LogP contribution in [0.3, 0.4) is 0 Å². The Morgan fingerprint density at radius 2 is 2.38 bits per heavy atom. The van der Waals surface area contributed by atoms with Gasteiger partial charge in [0.1, 0.15) is 0 Å². The Morgan fingerprint density at radius 1 is 1.62 bits per heavy atom. The van der Waals surface area contributed by atoms with E-state index in [1.54, 1.807) is 11.3 Å². The zero-order chi connectivity index (χ0) is 9.31. The van der Waals surface area contributed by atoms with Gasteiger partial charge in [-0.2, -0.15) is 0 Å². The second-order valence-corrected chi connectivity index (χ2v) is 4.83. The normalized spacial score (nSPS) is 19.8. The molecule has 0 radical (unpaired) electrons. The average Bonchev–Trinajstić information content (AvgIpc) is 2.50. The van der Waals surface area contributed by atoms with Crippen molar-refractivity contribution < 1.29 is 0 Å². The van der Waals surface area contributed by atoms with Gasteiger partial charge in [0, 0.05) is 5.38 Å². The molecule has 1 aromatic heterocycles. The summed E-state index contributed by atoms with van der Waals surface area (Å²) in [6, 6.07) is 0. The van der Waals surface area contributed by atoms with Crippen LogP contribution in [-0.2, 0) is 12.0 Å². The van der Waals surface area contributed by atoms with Crippen molar-refractivity contribution in [2.45, 2.75) is 44.6 Å². The molecule has 1 aliphatic carbocycles. The summed E-state index contributed by atoms with van der Waals surface area (Å²) in [4.78, 5) is 4.59. The molecule has 1 aromatic rings. The van der Waals surface area contributed by atoms with E-state index in [4.69, 9.17) is 5.73 Å². The van der Waals surface area contributed by atoms with Crippen LogP contribution in [0.5, 0.6) is 0 Å². The number of nitrogens with two attached hydrogens (primary N) is 1. The van der Waals surface area contributed by atoms with E-state index in [-0.39, 0.29) is 5.54 Å². The summed E-state index contributed by atoms with van der Waals surface area (Å²) in [5, 5.41) is 3.39. The predicted octanol–water partition coefficient (Wildman–Crippen LogP) is 2.43. The Bertz CT molecular complexity index is 289. The molecule has 0 spiro atoms. The molecule has 72 valence electrons. The van der Waals surface area contributed by atoms with Crippen molar-refractivity contribution in [2.75, 3.05) is 0 Å². The lowest BCUT2D eigenvalue weighted by molar-refractivity contribution is 0.247. The summed E-state index contributed by atoms with van der Waals surface area (Å²) in [5.41, 5.74) is 7.24. The van der Waals surface area contributed by atoms with Gasteiger partial charge in [-0.3, -0.25) is 0 Å². The zero-order valence-corrected chi connectivity index (χ0v) is 8.86. The second kappa shape index (κ2) is 3.39. The third-order valence-electron chi connectivity index (χ3n) is 2.77. The summed E-state index contributed by atoms with van der Waals surface area (Å²) in [6.45, 7) is 2.18. The molecule has 0 unspecified atom stereocenters. The van der Waals surface area contributed by atoms with Gasteiger partial charge in [0.2, 0.25) is 0 Å². The summed E-state index contributed by atoms with van der Waals surface area (Å²) in [5.74, 6) is 0. The van der Waals surface area contributed by atoms with E-state index in [2.05, 4.69) is 17.3 Å². The molecular weight excluding hydrogens is 180 g/mol.